The Hall–Kier alpha value is -1.96. The first-order valence-electron chi connectivity index (χ1n) is 8.38. The molecule has 2 heterocycles. The maximum atomic E-state index is 12.2. The molecule has 0 unspecified atom stereocenters. The molecular formula is C18H19Cl2N5OS. The molecule has 0 saturated heterocycles. The minimum atomic E-state index is -0.145. The number of halogens is 2. The molecule has 2 aromatic heterocycles. The van der Waals surface area contributed by atoms with Crippen molar-refractivity contribution in [2.45, 2.75) is 25.0 Å². The zero-order chi connectivity index (χ0) is 19.4. The molecule has 1 aromatic carbocycles. The van der Waals surface area contributed by atoms with E-state index >= 15 is 0 Å². The first-order valence-corrected chi connectivity index (χ1v) is 10.1. The minimum Gasteiger partial charge on any atom is -0.354 e. The Balaban J connectivity index is 1.62. The smallest absolute Gasteiger partial charge is 0.234 e. The van der Waals surface area contributed by atoms with Crippen LogP contribution in [0.5, 0.6) is 0 Å². The lowest BCUT2D eigenvalue weighted by atomic mass is 10.3. The third-order valence-electron chi connectivity index (χ3n) is 4.04. The Morgan fingerprint density at radius 2 is 2.04 bits per heavy atom. The van der Waals surface area contributed by atoms with E-state index in [0.29, 0.717) is 22.2 Å². The second-order valence-electron chi connectivity index (χ2n) is 5.90. The van der Waals surface area contributed by atoms with Crippen LogP contribution in [0, 0.1) is 0 Å². The van der Waals surface area contributed by atoms with Gasteiger partial charge in [0, 0.05) is 37.6 Å². The summed E-state index contributed by atoms with van der Waals surface area (Å²) < 4.78 is 4.09. The van der Waals surface area contributed by atoms with Crippen LogP contribution in [0.15, 0.2) is 41.7 Å². The summed E-state index contributed by atoms with van der Waals surface area (Å²) in [7, 11) is 2.00. The van der Waals surface area contributed by atoms with Gasteiger partial charge in [-0.3, -0.25) is 4.79 Å². The summed E-state index contributed by atoms with van der Waals surface area (Å²) in [6.45, 7) is 2.78. The topological polar surface area (TPSA) is 64.7 Å². The first-order chi connectivity index (χ1) is 13.0. The quantitative estimate of drug-likeness (QED) is 0.576. The summed E-state index contributed by atoms with van der Waals surface area (Å²) in [6.07, 6.45) is 2.70. The van der Waals surface area contributed by atoms with Crippen molar-refractivity contribution in [3.05, 3.63) is 58.1 Å². The van der Waals surface area contributed by atoms with E-state index in [2.05, 4.69) is 26.1 Å². The van der Waals surface area contributed by atoms with Gasteiger partial charge in [0.2, 0.25) is 5.91 Å². The first kappa shape index (κ1) is 19.8. The van der Waals surface area contributed by atoms with E-state index in [9.17, 15) is 4.79 Å². The number of benzene rings is 1. The highest BCUT2D eigenvalue weighted by atomic mass is 35.5. The largest absolute Gasteiger partial charge is 0.354 e. The van der Waals surface area contributed by atoms with Crippen molar-refractivity contribution >= 4 is 46.6 Å². The average molecular weight is 424 g/mol. The van der Waals surface area contributed by atoms with Crippen LogP contribution in [0.2, 0.25) is 10.0 Å². The molecule has 1 N–H and O–H groups in total. The van der Waals surface area contributed by atoms with Gasteiger partial charge in [0.15, 0.2) is 5.16 Å². The van der Waals surface area contributed by atoms with Gasteiger partial charge < -0.3 is 14.5 Å². The molecule has 0 radical (unpaired) electrons. The van der Waals surface area contributed by atoms with E-state index in [0.717, 1.165) is 23.2 Å². The lowest BCUT2D eigenvalue weighted by Gasteiger charge is -2.09. The number of nitrogens with zero attached hydrogens (tertiary/aromatic N) is 4. The Kier molecular flexibility index (Phi) is 6.46. The summed E-state index contributed by atoms with van der Waals surface area (Å²) in [5.41, 5.74) is 1.77. The summed E-state index contributed by atoms with van der Waals surface area (Å²) in [5.74, 6) is 0.961. The van der Waals surface area contributed by atoms with Gasteiger partial charge in [0.1, 0.15) is 5.82 Å². The van der Waals surface area contributed by atoms with Crippen molar-refractivity contribution in [2.75, 3.05) is 11.1 Å². The van der Waals surface area contributed by atoms with Gasteiger partial charge in [-0.15, -0.1) is 10.2 Å². The van der Waals surface area contributed by atoms with Gasteiger partial charge >= 0.3 is 0 Å². The number of carbonyl (C=O) groups is 1. The zero-order valence-electron chi connectivity index (χ0n) is 14.9. The number of hydrogen-bond acceptors (Lipinski definition) is 4. The molecule has 0 fully saturated rings. The molecule has 0 atom stereocenters. The van der Waals surface area contributed by atoms with Crippen molar-refractivity contribution < 1.29 is 4.79 Å². The fraction of sp³-hybridized carbons (Fsp3) is 0.278. The van der Waals surface area contributed by atoms with Crippen LogP contribution >= 0.6 is 35.0 Å². The number of carbonyl (C=O) groups excluding carboxylic acids is 1. The van der Waals surface area contributed by atoms with Gasteiger partial charge in [0.05, 0.1) is 15.8 Å². The van der Waals surface area contributed by atoms with E-state index in [1.54, 1.807) is 18.2 Å². The number of nitrogens with one attached hydrogen (secondary N) is 1. The van der Waals surface area contributed by atoms with Gasteiger partial charge in [-0.05, 0) is 37.3 Å². The molecule has 6 nitrogen and oxygen atoms in total. The monoisotopic (exact) mass is 423 g/mol. The molecule has 0 aliphatic rings. The summed E-state index contributed by atoms with van der Waals surface area (Å²) in [4.78, 5) is 12.2. The third-order valence-corrected chi connectivity index (χ3v) is 5.74. The van der Waals surface area contributed by atoms with Gasteiger partial charge in [-0.2, -0.15) is 0 Å². The van der Waals surface area contributed by atoms with Crippen molar-refractivity contribution in [1.82, 2.24) is 19.3 Å². The maximum absolute atomic E-state index is 12.2. The van der Waals surface area contributed by atoms with E-state index in [1.807, 2.05) is 30.8 Å². The van der Waals surface area contributed by atoms with Crippen molar-refractivity contribution in [1.29, 1.82) is 0 Å². The van der Waals surface area contributed by atoms with Crippen LogP contribution in [-0.2, 0) is 24.8 Å². The molecule has 142 valence electrons. The zero-order valence-corrected chi connectivity index (χ0v) is 17.3. The Morgan fingerprint density at radius 3 is 2.70 bits per heavy atom. The standard InChI is InChI=1S/C18H19Cl2N5OS/c1-3-25-16(10-13-5-4-8-24(13)2)22-23-18(25)27-11-17(26)21-12-6-7-14(19)15(20)9-12/h4-9H,3,10-11H2,1-2H3,(H,21,26). The van der Waals surface area contributed by atoms with Crippen LogP contribution in [0.4, 0.5) is 5.69 Å². The summed E-state index contributed by atoms with van der Waals surface area (Å²) in [6, 6.07) is 9.05. The lowest BCUT2D eigenvalue weighted by molar-refractivity contribution is -0.113. The number of anilines is 1. The molecular weight excluding hydrogens is 405 g/mol. The molecule has 3 aromatic rings. The third kappa shape index (κ3) is 4.86. The van der Waals surface area contributed by atoms with Crippen molar-refractivity contribution in [2.24, 2.45) is 7.05 Å². The Labute approximate surface area is 171 Å². The van der Waals surface area contributed by atoms with Crippen LogP contribution in [0.3, 0.4) is 0 Å². The van der Waals surface area contributed by atoms with Crippen LogP contribution in [0.1, 0.15) is 18.4 Å². The predicted octanol–water partition coefficient (Wildman–Crippen LogP) is 4.26. The second kappa shape index (κ2) is 8.82. The lowest BCUT2D eigenvalue weighted by Crippen LogP contribution is -2.14. The fourth-order valence-corrected chi connectivity index (χ4v) is 3.74. The van der Waals surface area contributed by atoms with E-state index in [-0.39, 0.29) is 11.7 Å². The molecule has 0 bridgehead atoms. The highest BCUT2D eigenvalue weighted by Gasteiger charge is 2.14. The molecule has 0 saturated carbocycles. The number of hydrogen-bond donors (Lipinski definition) is 1. The minimum absolute atomic E-state index is 0.145. The van der Waals surface area contributed by atoms with Gasteiger partial charge in [0.25, 0.3) is 0 Å². The van der Waals surface area contributed by atoms with Gasteiger partial charge in [-0.25, -0.2) is 0 Å². The molecule has 3 rings (SSSR count). The van der Waals surface area contributed by atoms with Crippen molar-refractivity contribution in [3.8, 4) is 0 Å². The summed E-state index contributed by atoms with van der Waals surface area (Å²) >= 11 is 13.2. The molecule has 27 heavy (non-hydrogen) atoms. The Morgan fingerprint density at radius 1 is 1.22 bits per heavy atom. The molecule has 1 amide bonds. The maximum Gasteiger partial charge on any atom is 0.234 e. The number of amides is 1. The molecule has 9 heteroatoms. The fourth-order valence-electron chi connectivity index (χ4n) is 2.62. The molecule has 0 spiro atoms. The number of rotatable bonds is 7. The highest BCUT2D eigenvalue weighted by Crippen LogP contribution is 2.25. The van der Waals surface area contributed by atoms with Crippen LogP contribution in [0.25, 0.3) is 0 Å². The van der Waals surface area contributed by atoms with Gasteiger partial charge in [-0.1, -0.05) is 35.0 Å². The Bertz CT molecular complexity index is 953. The molecule has 0 aliphatic carbocycles. The van der Waals surface area contributed by atoms with Crippen molar-refractivity contribution in [3.63, 3.8) is 0 Å². The SMILES string of the molecule is CCn1c(Cc2cccn2C)nnc1SCC(=O)Nc1ccc(Cl)c(Cl)c1. The van der Waals surface area contributed by atoms with E-state index < -0.39 is 0 Å². The average Bonchev–Trinajstić information content (AvgIpc) is 3.22. The predicted molar refractivity (Wildman–Crippen MR) is 110 cm³/mol. The second-order valence-corrected chi connectivity index (χ2v) is 7.65. The van der Waals surface area contributed by atoms with Crippen LogP contribution < -0.4 is 5.32 Å². The molecule has 0 aliphatic heterocycles. The van der Waals surface area contributed by atoms with E-state index in [4.69, 9.17) is 23.2 Å². The highest BCUT2D eigenvalue weighted by molar-refractivity contribution is 7.99. The summed E-state index contributed by atoms with van der Waals surface area (Å²) in [5, 5.41) is 12.9. The normalized spacial score (nSPS) is 11.0. The number of aryl methyl sites for hydroxylation is 1. The van der Waals surface area contributed by atoms with E-state index in [1.165, 1.54) is 11.8 Å². The number of aromatic nitrogens is 4. The van der Waals surface area contributed by atoms with Crippen LogP contribution in [-0.4, -0.2) is 31.0 Å². The number of thioether (sulfide) groups is 1.